The molecule has 0 aromatic heterocycles. The number of ether oxygens (including phenoxy) is 1. The van der Waals surface area contributed by atoms with E-state index in [1.807, 2.05) is 4.90 Å². The average Bonchev–Trinajstić information content (AvgIpc) is 2.50. The maximum atomic E-state index is 12.5. The fourth-order valence-corrected chi connectivity index (χ4v) is 3.81. The Bertz CT molecular complexity index is 567. The predicted molar refractivity (Wildman–Crippen MR) is 104 cm³/mol. The Morgan fingerprint density at radius 2 is 1.84 bits per heavy atom. The molecule has 0 saturated carbocycles. The van der Waals surface area contributed by atoms with Crippen LogP contribution in [0.1, 0.15) is 19.8 Å². The first-order valence-electron chi connectivity index (χ1n) is 8.61. The zero-order valence-corrected chi connectivity index (χ0v) is 16.7. The third-order valence-electron chi connectivity index (χ3n) is 5.16. The molecule has 0 radical (unpaired) electrons. The van der Waals surface area contributed by atoms with Gasteiger partial charge in [0.1, 0.15) is 5.75 Å². The van der Waals surface area contributed by atoms with Crippen molar-refractivity contribution in [2.45, 2.75) is 19.8 Å². The molecule has 2 heterocycles. The number of amides is 1. The second kappa shape index (κ2) is 9.31. The molecule has 140 valence electrons. The van der Waals surface area contributed by atoms with Crippen molar-refractivity contribution in [1.82, 2.24) is 10.2 Å². The maximum Gasteiger partial charge on any atom is 0.225 e. The number of nitrogens with zero attached hydrogens (tertiary/aromatic N) is 1. The van der Waals surface area contributed by atoms with Gasteiger partial charge in [-0.3, -0.25) is 4.79 Å². The molecule has 1 atom stereocenters. The second-order valence-corrected chi connectivity index (χ2v) is 7.76. The quantitative estimate of drug-likeness (QED) is 0.805. The number of nitrogens with one attached hydrogen (secondary N) is 1. The van der Waals surface area contributed by atoms with Gasteiger partial charge in [0.25, 0.3) is 0 Å². The van der Waals surface area contributed by atoms with Crippen LogP contribution in [-0.4, -0.2) is 43.6 Å². The van der Waals surface area contributed by atoms with Crippen LogP contribution in [0.3, 0.4) is 0 Å². The van der Waals surface area contributed by atoms with Crippen molar-refractivity contribution in [3.8, 4) is 5.75 Å². The molecule has 1 aromatic carbocycles. The molecule has 0 bridgehead atoms. The van der Waals surface area contributed by atoms with E-state index in [1.165, 1.54) is 0 Å². The Hall–Kier alpha value is -0.680. The van der Waals surface area contributed by atoms with E-state index >= 15 is 0 Å². The standard InChI is InChI=1S/C18H24Cl2N2O2.ClH/c1-12(14-9-21-10-14)18(23)22-4-2-13(3-5-22)11-24-17-7-15(19)6-16(20)8-17;/h6-8,12-14,21H,2-5,9-11H2,1H3;1H. The molecule has 25 heavy (non-hydrogen) atoms. The number of rotatable bonds is 5. The van der Waals surface area contributed by atoms with Crippen molar-refractivity contribution >= 4 is 41.5 Å². The fourth-order valence-electron chi connectivity index (χ4n) is 3.30. The topological polar surface area (TPSA) is 41.6 Å². The molecule has 1 amide bonds. The summed E-state index contributed by atoms with van der Waals surface area (Å²) < 4.78 is 5.83. The first-order valence-corrected chi connectivity index (χ1v) is 9.37. The summed E-state index contributed by atoms with van der Waals surface area (Å²) in [6.45, 7) is 6.30. The zero-order valence-electron chi connectivity index (χ0n) is 14.3. The van der Waals surface area contributed by atoms with Gasteiger partial charge < -0.3 is 15.0 Å². The van der Waals surface area contributed by atoms with Gasteiger partial charge in [0, 0.05) is 29.1 Å². The lowest BCUT2D eigenvalue weighted by molar-refractivity contribution is -0.139. The molecule has 0 spiro atoms. The van der Waals surface area contributed by atoms with E-state index in [1.54, 1.807) is 18.2 Å². The highest BCUT2D eigenvalue weighted by Gasteiger charge is 2.33. The van der Waals surface area contributed by atoms with E-state index in [2.05, 4.69) is 12.2 Å². The summed E-state index contributed by atoms with van der Waals surface area (Å²) in [7, 11) is 0. The molecule has 1 unspecified atom stereocenters. The van der Waals surface area contributed by atoms with Gasteiger partial charge in [-0.2, -0.15) is 0 Å². The Morgan fingerprint density at radius 3 is 2.36 bits per heavy atom. The molecule has 2 aliphatic rings. The smallest absolute Gasteiger partial charge is 0.225 e. The Balaban J connectivity index is 0.00000225. The normalized spacial score (nSPS) is 19.7. The molecule has 2 fully saturated rings. The number of benzene rings is 1. The molecule has 1 aromatic rings. The lowest BCUT2D eigenvalue weighted by Crippen LogP contribution is -2.51. The third kappa shape index (κ3) is 5.40. The molecular formula is C18H25Cl3N2O2. The molecule has 7 heteroatoms. The van der Waals surface area contributed by atoms with Crippen molar-refractivity contribution in [3.05, 3.63) is 28.2 Å². The van der Waals surface area contributed by atoms with Gasteiger partial charge in [-0.15, -0.1) is 12.4 Å². The van der Waals surface area contributed by atoms with Crippen LogP contribution in [-0.2, 0) is 4.79 Å². The van der Waals surface area contributed by atoms with Crippen LogP contribution in [0, 0.1) is 17.8 Å². The van der Waals surface area contributed by atoms with Crippen molar-refractivity contribution in [2.24, 2.45) is 17.8 Å². The number of carbonyl (C=O) groups excluding carboxylic acids is 1. The van der Waals surface area contributed by atoms with Gasteiger partial charge in [0.2, 0.25) is 5.91 Å². The summed E-state index contributed by atoms with van der Waals surface area (Å²) in [6, 6.07) is 5.25. The van der Waals surface area contributed by atoms with Crippen LogP contribution < -0.4 is 10.1 Å². The molecule has 1 N–H and O–H groups in total. The first kappa shape index (κ1) is 20.6. The minimum atomic E-state index is 0. The summed E-state index contributed by atoms with van der Waals surface area (Å²) >= 11 is 12.0. The lowest BCUT2D eigenvalue weighted by Gasteiger charge is -2.38. The summed E-state index contributed by atoms with van der Waals surface area (Å²) in [5.74, 6) is 2.12. The zero-order chi connectivity index (χ0) is 17.1. The summed E-state index contributed by atoms with van der Waals surface area (Å²) in [5.41, 5.74) is 0. The minimum absolute atomic E-state index is 0. The van der Waals surface area contributed by atoms with Crippen LogP contribution in [0.15, 0.2) is 18.2 Å². The molecule has 2 aliphatic heterocycles. The van der Waals surface area contributed by atoms with E-state index in [4.69, 9.17) is 27.9 Å². The number of hydrogen-bond acceptors (Lipinski definition) is 3. The molecule has 2 saturated heterocycles. The highest BCUT2D eigenvalue weighted by molar-refractivity contribution is 6.34. The number of piperidine rings is 1. The van der Waals surface area contributed by atoms with Crippen LogP contribution in [0.4, 0.5) is 0 Å². The van der Waals surface area contributed by atoms with Gasteiger partial charge >= 0.3 is 0 Å². The van der Waals surface area contributed by atoms with Crippen LogP contribution >= 0.6 is 35.6 Å². The third-order valence-corrected chi connectivity index (χ3v) is 5.59. The van der Waals surface area contributed by atoms with Gasteiger partial charge in [-0.25, -0.2) is 0 Å². The average molecular weight is 408 g/mol. The SMILES string of the molecule is CC(C(=O)N1CCC(COc2cc(Cl)cc(Cl)c2)CC1)C1CNC1.Cl. The fraction of sp³-hybridized carbons (Fsp3) is 0.611. The van der Waals surface area contributed by atoms with E-state index in [-0.39, 0.29) is 18.3 Å². The van der Waals surface area contributed by atoms with Crippen molar-refractivity contribution in [1.29, 1.82) is 0 Å². The predicted octanol–water partition coefficient (Wildman–Crippen LogP) is 3.89. The molecule has 4 nitrogen and oxygen atoms in total. The highest BCUT2D eigenvalue weighted by Crippen LogP contribution is 2.27. The Morgan fingerprint density at radius 1 is 1.24 bits per heavy atom. The Kier molecular flexibility index (Phi) is 7.68. The first-order chi connectivity index (χ1) is 11.5. The second-order valence-electron chi connectivity index (χ2n) is 6.89. The van der Waals surface area contributed by atoms with Gasteiger partial charge in [-0.05, 0) is 56.0 Å². The summed E-state index contributed by atoms with van der Waals surface area (Å²) in [6.07, 6.45) is 1.96. The monoisotopic (exact) mass is 406 g/mol. The van der Waals surface area contributed by atoms with E-state index in [9.17, 15) is 4.79 Å². The van der Waals surface area contributed by atoms with Gasteiger partial charge in [0.15, 0.2) is 0 Å². The van der Waals surface area contributed by atoms with E-state index in [0.717, 1.165) is 39.0 Å². The van der Waals surface area contributed by atoms with Crippen molar-refractivity contribution in [2.75, 3.05) is 32.8 Å². The van der Waals surface area contributed by atoms with E-state index in [0.29, 0.717) is 40.1 Å². The largest absolute Gasteiger partial charge is 0.493 e. The molecule has 3 rings (SSSR count). The minimum Gasteiger partial charge on any atom is -0.493 e. The maximum absolute atomic E-state index is 12.5. The number of carbonyl (C=O) groups is 1. The van der Waals surface area contributed by atoms with Crippen LogP contribution in [0.2, 0.25) is 10.0 Å². The number of hydrogen-bond donors (Lipinski definition) is 1. The summed E-state index contributed by atoms with van der Waals surface area (Å²) in [5, 5.41) is 4.40. The van der Waals surface area contributed by atoms with Gasteiger partial charge in [-0.1, -0.05) is 30.1 Å². The molecular weight excluding hydrogens is 383 g/mol. The number of likely N-dealkylation sites (tertiary alicyclic amines) is 1. The Labute approximate surface area is 165 Å². The van der Waals surface area contributed by atoms with Crippen LogP contribution in [0.25, 0.3) is 0 Å². The van der Waals surface area contributed by atoms with Crippen molar-refractivity contribution < 1.29 is 9.53 Å². The van der Waals surface area contributed by atoms with Crippen molar-refractivity contribution in [3.63, 3.8) is 0 Å². The van der Waals surface area contributed by atoms with Gasteiger partial charge in [0.05, 0.1) is 6.61 Å². The van der Waals surface area contributed by atoms with Crippen LogP contribution in [0.5, 0.6) is 5.75 Å². The lowest BCUT2D eigenvalue weighted by atomic mass is 9.87. The molecule has 0 aliphatic carbocycles. The highest BCUT2D eigenvalue weighted by atomic mass is 35.5. The van der Waals surface area contributed by atoms with E-state index < -0.39 is 0 Å². The number of halogens is 3. The summed E-state index contributed by atoms with van der Waals surface area (Å²) in [4.78, 5) is 14.6.